The molecule has 0 aliphatic heterocycles. The minimum absolute atomic E-state index is 0.614. The number of pyridine rings is 1. The van der Waals surface area contributed by atoms with Gasteiger partial charge in [0, 0.05) is 28.9 Å². The van der Waals surface area contributed by atoms with Gasteiger partial charge in [-0.1, -0.05) is 30.3 Å². The van der Waals surface area contributed by atoms with Gasteiger partial charge in [-0.2, -0.15) is 0 Å². The molecule has 3 nitrogen and oxygen atoms in total. The van der Waals surface area contributed by atoms with Crippen LogP contribution in [-0.2, 0) is 0 Å². The molecule has 1 N–H and O–H groups in total. The quantitative estimate of drug-likeness (QED) is 0.677. The highest BCUT2D eigenvalue weighted by Crippen LogP contribution is 2.29. The number of aldehydes is 1. The summed E-state index contributed by atoms with van der Waals surface area (Å²) in [6.07, 6.45) is 4.29. The Morgan fingerprint density at radius 2 is 1.94 bits per heavy atom. The second-order valence-electron chi connectivity index (χ2n) is 3.81. The molecule has 0 aliphatic carbocycles. The fourth-order valence-electron chi connectivity index (χ4n) is 2.04. The van der Waals surface area contributed by atoms with E-state index >= 15 is 0 Å². The van der Waals surface area contributed by atoms with Crippen LogP contribution in [0.1, 0.15) is 10.4 Å². The van der Waals surface area contributed by atoms with Gasteiger partial charge in [0.05, 0.1) is 0 Å². The number of benzene rings is 1. The summed E-state index contributed by atoms with van der Waals surface area (Å²) >= 11 is 0. The smallest absolute Gasteiger partial charge is 0.152 e. The second-order valence-corrected chi connectivity index (χ2v) is 3.81. The number of aromatic amines is 1. The molecule has 0 radical (unpaired) electrons. The van der Waals surface area contributed by atoms with Gasteiger partial charge < -0.3 is 4.98 Å². The predicted molar refractivity (Wildman–Crippen MR) is 66.9 cm³/mol. The van der Waals surface area contributed by atoms with Gasteiger partial charge in [-0.3, -0.25) is 4.79 Å². The average molecular weight is 222 g/mol. The van der Waals surface area contributed by atoms with Gasteiger partial charge in [0.2, 0.25) is 0 Å². The standard InChI is InChI=1S/C14H10N2O/c17-9-11-8-16-14-12(6-7-15-14)13(11)10-4-2-1-3-5-10/h1-9H,(H,15,16). The Kier molecular flexibility index (Phi) is 2.22. The second kappa shape index (κ2) is 3.87. The highest BCUT2D eigenvalue weighted by atomic mass is 16.1. The number of nitrogens with zero attached hydrogens (tertiary/aromatic N) is 1. The lowest BCUT2D eigenvalue weighted by Crippen LogP contribution is -1.91. The first-order valence-electron chi connectivity index (χ1n) is 5.37. The Morgan fingerprint density at radius 1 is 1.12 bits per heavy atom. The number of carbonyl (C=O) groups is 1. The molecule has 0 spiro atoms. The minimum Gasteiger partial charge on any atom is -0.346 e. The van der Waals surface area contributed by atoms with E-state index in [1.54, 1.807) is 6.20 Å². The summed E-state index contributed by atoms with van der Waals surface area (Å²) in [7, 11) is 0. The molecule has 3 rings (SSSR count). The summed E-state index contributed by atoms with van der Waals surface area (Å²) in [5, 5.41) is 0.973. The molecule has 3 heteroatoms. The summed E-state index contributed by atoms with van der Waals surface area (Å²) in [6, 6.07) is 11.8. The highest BCUT2D eigenvalue weighted by molar-refractivity contribution is 6.01. The molecular weight excluding hydrogens is 212 g/mol. The maximum Gasteiger partial charge on any atom is 0.152 e. The molecule has 0 fully saturated rings. The zero-order valence-electron chi connectivity index (χ0n) is 9.05. The van der Waals surface area contributed by atoms with Crippen molar-refractivity contribution in [2.45, 2.75) is 0 Å². The average Bonchev–Trinajstić information content (AvgIpc) is 2.86. The van der Waals surface area contributed by atoms with Crippen LogP contribution in [0.25, 0.3) is 22.2 Å². The third-order valence-corrected chi connectivity index (χ3v) is 2.81. The van der Waals surface area contributed by atoms with Crippen LogP contribution in [0.4, 0.5) is 0 Å². The maximum absolute atomic E-state index is 11.1. The molecule has 0 saturated heterocycles. The van der Waals surface area contributed by atoms with Crippen LogP contribution in [0.2, 0.25) is 0 Å². The van der Waals surface area contributed by atoms with E-state index in [0.717, 1.165) is 28.4 Å². The van der Waals surface area contributed by atoms with Crippen molar-refractivity contribution in [2.24, 2.45) is 0 Å². The number of nitrogens with one attached hydrogen (secondary N) is 1. The topological polar surface area (TPSA) is 45.8 Å². The van der Waals surface area contributed by atoms with Crippen LogP contribution in [0.5, 0.6) is 0 Å². The van der Waals surface area contributed by atoms with Crippen molar-refractivity contribution in [3.05, 3.63) is 54.4 Å². The normalized spacial score (nSPS) is 10.6. The van der Waals surface area contributed by atoms with Crippen molar-refractivity contribution in [2.75, 3.05) is 0 Å². The van der Waals surface area contributed by atoms with Crippen molar-refractivity contribution in [3.63, 3.8) is 0 Å². The molecule has 82 valence electrons. The number of hydrogen-bond donors (Lipinski definition) is 1. The number of aromatic nitrogens is 2. The van der Waals surface area contributed by atoms with E-state index in [-0.39, 0.29) is 0 Å². The molecule has 0 aliphatic rings. The number of carbonyl (C=O) groups excluding carboxylic acids is 1. The van der Waals surface area contributed by atoms with E-state index in [4.69, 9.17) is 0 Å². The lowest BCUT2D eigenvalue weighted by molar-refractivity contribution is 0.112. The first kappa shape index (κ1) is 9.78. The first-order valence-corrected chi connectivity index (χ1v) is 5.37. The fraction of sp³-hybridized carbons (Fsp3) is 0. The number of hydrogen-bond acceptors (Lipinski definition) is 2. The molecule has 2 aromatic heterocycles. The molecule has 0 atom stereocenters. The zero-order valence-corrected chi connectivity index (χ0v) is 9.05. The summed E-state index contributed by atoms with van der Waals surface area (Å²) in [6.45, 7) is 0. The van der Waals surface area contributed by atoms with E-state index in [9.17, 15) is 4.79 Å². The Labute approximate surface area is 98.1 Å². The monoisotopic (exact) mass is 222 g/mol. The lowest BCUT2D eigenvalue weighted by atomic mass is 9.99. The number of H-pyrrole nitrogens is 1. The van der Waals surface area contributed by atoms with Crippen LogP contribution in [-0.4, -0.2) is 16.3 Å². The van der Waals surface area contributed by atoms with Crippen molar-refractivity contribution >= 4 is 17.3 Å². The van der Waals surface area contributed by atoms with E-state index < -0.39 is 0 Å². The van der Waals surface area contributed by atoms with Crippen LogP contribution >= 0.6 is 0 Å². The first-order chi connectivity index (χ1) is 8.40. The molecule has 0 amide bonds. The number of rotatable bonds is 2. The minimum atomic E-state index is 0.614. The highest BCUT2D eigenvalue weighted by Gasteiger charge is 2.10. The SMILES string of the molecule is O=Cc1cnc2[nH]ccc2c1-c1ccccc1. The van der Waals surface area contributed by atoms with Gasteiger partial charge in [0.15, 0.2) is 6.29 Å². The van der Waals surface area contributed by atoms with Crippen molar-refractivity contribution in [1.82, 2.24) is 9.97 Å². The summed E-state index contributed by atoms with van der Waals surface area (Å²) in [4.78, 5) is 18.4. The molecular formula is C14H10N2O. The fourth-order valence-corrected chi connectivity index (χ4v) is 2.04. The summed E-state index contributed by atoms with van der Waals surface area (Å²) in [5.41, 5.74) is 3.38. The summed E-state index contributed by atoms with van der Waals surface area (Å²) in [5.74, 6) is 0. The van der Waals surface area contributed by atoms with E-state index in [1.807, 2.05) is 42.6 Å². The predicted octanol–water partition coefficient (Wildman–Crippen LogP) is 3.04. The van der Waals surface area contributed by atoms with Gasteiger partial charge >= 0.3 is 0 Å². The molecule has 1 aromatic carbocycles. The third kappa shape index (κ3) is 1.52. The lowest BCUT2D eigenvalue weighted by Gasteiger charge is -2.06. The van der Waals surface area contributed by atoms with Gasteiger partial charge in [0.1, 0.15) is 5.65 Å². The Hall–Kier alpha value is -2.42. The van der Waals surface area contributed by atoms with Gasteiger partial charge in [0.25, 0.3) is 0 Å². The zero-order chi connectivity index (χ0) is 11.7. The van der Waals surface area contributed by atoms with Gasteiger partial charge in [-0.25, -0.2) is 4.98 Å². The van der Waals surface area contributed by atoms with Crippen LogP contribution < -0.4 is 0 Å². The maximum atomic E-state index is 11.1. The molecule has 0 saturated carbocycles. The van der Waals surface area contributed by atoms with Gasteiger partial charge in [-0.15, -0.1) is 0 Å². The van der Waals surface area contributed by atoms with E-state index in [0.29, 0.717) is 5.56 Å². The van der Waals surface area contributed by atoms with Crippen molar-refractivity contribution in [3.8, 4) is 11.1 Å². The van der Waals surface area contributed by atoms with Crippen LogP contribution in [0, 0.1) is 0 Å². The van der Waals surface area contributed by atoms with Gasteiger partial charge in [-0.05, 0) is 11.6 Å². The Balaban J connectivity index is 2.40. The van der Waals surface area contributed by atoms with Crippen LogP contribution in [0.3, 0.4) is 0 Å². The molecule has 0 bridgehead atoms. The van der Waals surface area contributed by atoms with Crippen LogP contribution in [0.15, 0.2) is 48.8 Å². The summed E-state index contributed by atoms with van der Waals surface area (Å²) < 4.78 is 0. The molecule has 3 aromatic rings. The molecule has 0 unspecified atom stereocenters. The van der Waals surface area contributed by atoms with Crippen molar-refractivity contribution in [1.29, 1.82) is 0 Å². The largest absolute Gasteiger partial charge is 0.346 e. The van der Waals surface area contributed by atoms with E-state index in [2.05, 4.69) is 9.97 Å². The molecule has 2 heterocycles. The Bertz CT molecular complexity index is 671. The van der Waals surface area contributed by atoms with E-state index in [1.165, 1.54) is 0 Å². The molecule has 17 heavy (non-hydrogen) atoms. The van der Waals surface area contributed by atoms with Crippen molar-refractivity contribution < 1.29 is 4.79 Å². The number of fused-ring (bicyclic) bond motifs is 1. The Morgan fingerprint density at radius 3 is 2.71 bits per heavy atom. The third-order valence-electron chi connectivity index (χ3n) is 2.81.